The lowest BCUT2D eigenvalue weighted by atomic mass is 9.98. The van der Waals surface area contributed by atoms with Crippen LogP contribution in [0.2, 0.25) is 5.02 Å². The van der Waals surface area contributed by atoms with Gasteiger partial charge in [-0.3, -0.25) is 14.5 Å². The Hall–Kier alpha value is -3.06. The standard InChI is InChI=1S/C21H17ClF2N4O/c1-12-10-28-18(11-27(12)21(29)13(2)23)19(14-5-7-25-8-6-14)20(26-28)16-4-3-15(22)9-17(16)24/h3-9,12H,2,10-11H2,1H3. The molecule has 3 aromatic rings. The smallest absolute Gasteiger partial charge is 0.282 e. The Bertz CT molecular complexity index is 1110. The van der Waals surface area contributed by atoms with E-state index in [-0.39, 0.29) is 17.6 Å². The third-order valence-electron chi connectivity index (χ3n) is 5.00. The molecule has 0 radical (unpaired) electrons. The van der Waals surface area contributed by atoms with Crippen molar-refractivity contribution in [2.24, 2.45) is 0 Å². The number of rotatable bonds is 3. The SMILES string of the molecule is C=C(F)C(=O)N1Cc2c(-c3ccncc3)c(-c3ccc(Cl)cc3F)nn2CC1C. The summed E-state index contributed by atoms with van der Waals surface area (Å²) in [4.78, 5) is 17.7. The van der Waals surface area contributed by atoms with E-state index >= 15 is 0 Å². The predicted molar refractivity (Wildman–Crippen MR) is 106 cm³/mol. The van der Waals surface area contributed by atoms with Crippen LogP contribution in [0.3, 0.4) is 0 Å². The quantitative estimate of drug-likeness (QED) is 0.588. The summed E-state index contributed by atoms with van der Waals surface area (Å²) in [5.41, 5.74) is 2.85. The molecule has 0 bridgehead atoms. The van der Waals surface area contributed by atoms with Crippen molar-refractivity contribution in [1.29, 1.82) is 0 Å². The maximum absolute atomic E-state index is 14.7. The van der Waals surface area contributed by atoms with Crippen LogP contribution in [0.1, 0.15) is 12.6 Å². The van der Waals surface area contributed by atoms with Crippen LogP contribution >= 0.6 is 11.6 Å². The highest BCUT2D eigenvalue weighted by molar-refractivity contribution is 6.30. The summed E-state index contributed by atoms with van der Waals surface area (Å²) in [6.07, 6.45) is 3.25. The van der Waals surface area contributed by atoms with Gasteiger partial charge in [-0.1, -0.05) is 18.2 Å². The molecule has 0 saturated heterocycles. The van der Waals surface area contributed by atoms with Gasteiger partial charge in [0.2, 0.25) is 0 Å². The Morgan fingerprint density at radius 2 is 2.00 bits per heavy atom. The lowest BCUT2D eigenvalue weighted by molar-refractivity contribution is -0.132. The number of carbonyl (C=O) groups excluding carboxylic acids is 1. The van der Waals surface area contributed by atoms with Crippen molar-refractivity contribution in [2.45, 2.75) is 26.1 Å². The lowest BCUT2D eigenvalue weighted by Gasteiger charge is -2.34. The van der Waals surface area contributed by atoms with E-state index in [4.69, 9.17) is 11.6 Å². The largest absolute Gasteiger partial charge is 0.326 e. The van der Waals surface area contributed by atoms with Crippen molar-refractivity contribution in [3.05, 3.63) is 71.7 Å². The molecule has 0 saturated carbocycles. The Morgan fingerprint density at radius 3 is 2.66 bits per heavy atom. The van der Waals surface area contributed by atoms with Crippen LogP contribution in [0, 0.1) is 5.82 Å². The highest BCUT2D eigenvalue weighted by Gasteiger charge is 2.33. The van der Waals surface area contributed by atoms with Crippen molar-refractivity contribution < 1.29 is 13.6 Å². The molecule has 4 rings (SSSR count). The van der Waals surface area contributed by atoms with E-state index in [0.717, 1.165) is 5.56 Å². The molecule has 8 heteroatoms. The Labute approximate surface area is 171 Å². The van der Waals surface area contributed by atoms with E-state index in [1.165, 1.54) is 11.0 Å². The molecule has 1 unspecified atom stereocenters. The second-order valence-electron chi connectivity index (χ2n) is 6.90. The Morgan fingerprint density at radius 1 is 1.28 bits per heavy atom. The fourth-order valence-electron chi connectivity index (χ4n) is 3.59. The molecular weight excluding hydrogens is 398 g/mol. The van der Waals surface area contributed by atoms with Gasteiger partial charge in [-0.05, 0) is 42.8 Å². The molecule has 3 heterocycles. The Balaban J connectivity index is 1.92. The first-order chi connectivity index (χ1) is 13.9. The average Bonchev–Trinajstić information content (AvgIpc) is 3.05. The minimum Gasteiger partial charge on any atom is -0.326 e. The second kappa shape index (κ2) is 7.40. The van der Waals surface area contributed by atoms with E-state index in [1.54, 1.807) is 48.3 Å². The number of benzene rings is 1. The minimum atomic E-state index is -1.01. The molecule has 1 aromatic carbocycles. The van der Waals surface area contributed by atoms with Crippen LogP contribution in [-0.4, -0.2) is 31.6 Å². The molecule has 1 amide bonds. The van der Waals surface area contributed by atoms with Gasteiger partial charge < -0.3 is 4.90 Å². The van der Waals surface area contributed by atoms with Crippen LogP contribution in [0.5, 0.6) is 0 Å². The lowest BCUT2D eigenvalue weighted by Crippen LogP contribution is -2.45. The van der Waals surface area contributed by atoms with Crippen LogP contribution in [0.25, 0.3) is 22.4 Å². The van der Waals surface area contributed by atoms with Gasteiger partial charge in [0.1, 0.15) is 11.5 Å². The third kappa shape index (κ3) is 3.42. The summed E-state index contributed by atoms with van der Waals surface area (Å²) in [5, 5.41) is 4.92. The summed E-state index contributed by atoms with van der Waals surface area (Å²) in [6, 6.07) is 7.68. The van der Waals surface area contributed by atoms with Gasteiger partial charge in [-0.2, -0.15) is 5.10 Å². The zero-order chi connectivity index (χ0) is 20.7. The van der Waals surface area contributed by atoms with Crippen molar-refractivity contribution in [3.8, 4) is 22.4 Å². The maximum Gasteiger partial charge on any atom is 0.282 e. The number of nitrogens with zero attached hydrogens (tertiary/aromatic N) is 4. The predicted octanol–water partition coefficient (Wildman–Crippen LogP) is 4.62. The molecule has 0 aliphatic carbocycles. The van der Waals surface area contributed by atoms with Crippen LogP contribution < -0.4 is 0 Å². The number of fused-ring (bicyclic) bond motifs is 1. The first kappa shape index (κ1) is 19.3. The highest BCUT2D eigenvalue weighted by atomic mass is 35.5. The van der Waals surface area contributed by atoms with Crippen LogP contribution in [-0.2, 0) is 17.9 Å². The summed E-state index contributed by atoms with van der Waals surface area (Å²) in [6.45, 7) is 5.41. The maximum atomic E-state index is 14.7. The number of pyridine rings is 1. The molecule has 1 atom stereocenters. The molecule has 148 valence electrons. The zero-order valence-electron chi connectivity index (χ0n) is 15.6. The van der Waals surface area contributed by atoms with Gasteiger partial charge in [0.15, 0.2) is 5.83 Å². The van der Waals surface area contributed by atoms with E-state index in [0.29, 0.717) is 29.1 Å². The van der Waals surface area contributed by atoms with Crippen molar-refractivity contribution >= 4 is 17.5 Å². The van der Waals surface area contributed by atoms with Crippen molar-refractivity contribution in [1.82, 2.24) is 19.7 Å². The summed E-state index contributed by atoms with van der Waals surface area (Å²) in [5.74, 6) is -2.27. The fourth-order valence-corrected chi connectivity index (χ4v) is 3.75. The number of carbonyl (C=O) groups is 1. The van der Waals surface area contributed by atoms with E-state index < -0.39 is 17.6 Å². The zero-order valence-corrected chi connectivity index (χ0v) is 16.3. The normalized spacial score (nSPS) is 15.9. The number of amides is 1. The number of aromatic nitrogens is 3. The van der Waals surface area contributed by atoms with Gasteiger partial charge in [-0.15, -0.1) is 0 Å². The Kier molecular flexibility index (Phi) is 4.92. The van der Waals surface area contributed by atoms with E-state index in [2.05, 4.69) is 16.7 Å². The molecule has 5 nitrogen and oxygen atoms in total. The van der Waals surface area contributed by atoms with Gasteiger partial charge in [-0.25, -0.2) is 8.78 Å². The van der Waals surface area contributed by atoms with Crippen molar-refractivity contribution in [3.63, 3.8) is 0 Å². The molecule has 1 aliphatic heterocycles. The molecule has 1 aliphatic rings. The molecule has 29 heavy (non-hydrogen) atoms. The van der Waals surface area contributed by atoms with E-state index in [1.807, 2.05) is 0 Å². The number of hydrogen-bond donors (Lipinski definition) is 0. The third-order valence-corrected chi connectivity index (χ3v) is 5.23. The molecule has 0 fully saturated rings. The summed E-state index contributed by atoms with van der Waals surface area (Å²) >= 11 is 5.90. The summed E-state index contributed by atoms with van der Waals surface area (Å²) in [7, 11) is 0. The molecule has 0 spiro atoms. The number of hydrogen-bond acceptors (Lipinski definition) is 3. The van der Waals surface area contributed by atoms with Gasteiger partial charge >= 0.3 is 0 Å². The van der Waals surface area contributed by atoms with Crippen LogP contribution in [0.15, 0.2) is 55.1 Å². The molecule has 0 N–H and O–H groups in total. The second-order valence-corrected chi connectivity index (χ2v) is 7.34. The van der Waals surface area contributed by atoms with E-state index in [9.17, 15) is 13.6 Å². The average molecular weight is 415 g/mol. The first-order valence-corrected chi connectivity index (χ1v) is 9.35. The highest BCUT2D eigenvalue weighted by Crippen LogP contribution is 2.38. The van der Waals surface area contributed by atoms with Gasteiger partial charge in [0, 0.05) is 34.6 Å². The number of halogens is 3. The molecular formula is C21H17ClF2N4O. The van der Waals surface area contributed by atoms with Gasteiger partial charge in [0.05, 0.1) is 18.8 Å². The fraction of sp³-hybridized carbons (Fsp3) is 0.190. The monoisotopic (exact) mass is 414 g/mol. The van der Waals surface area contributed by atoms with Crippen LogP contribution in [0.4, 0.5) is 8.78 Å². The topological polar surface area (TPSA) is 51.0 Å². The van der Waals surface area contributed by atoms with Crippen molar-refractivity contribution in [2.75, 3.05) is 0 Å². The summed E-state index contributed by atoms with van der Waals surface area (Å²) < 4.78 is 30.0. The minimum absolute atomic E-state index is 0.128. The van der Waals surface area contributed by atoms with Gasteiger partial charge in [0.25, 0.3) is 5.91 Å². The molecule has 2 aromatic heterocycles. The first-order valence-electron chi connectivity index (χ1n) is 8.97.